The van der Waals surface area contributed by atoms with Gasteiger partial charge in [-0.05, 0) is 12.0 Å². The maximum atomic E-state index is 6.54. The van der Waals surface area contributed by atoms with E-state index in [2.05, 4.69) is 51.1 Å². The molecule has 4 N–H and O–H groups in total. The van der Waals surface area contributed by atoms with Gasteiger partial charge in [-0.25, -0.2) is 0 Å². The molecule has 0 aliphatic rings. The summed E-state index contributed by atoms with van der Waals surface area (Å²) in [6, 6.07) is 11.0. The van der Waals surface area contributed by atoms with Gasteiger partial charge in [0.25, 0.3) is 0 Å². The molecule has 1 aromatic carbocycles. The van der Waals surface area contributed by atoms with Crippen LogP contribution in [0.3, 0.4) is 0 Å². The van der Waals surface area contributed by atoms with Crippen LogP contribution in [0.4, 0.5) is 0 Å². The lowest BCUT2D eigenvalue weighted by Crippen LogP contribution is -2.40. The lowest BCUT2D eigenvalue weighted by molar-refractivity contribution is 0.375. The van der Waals surface area contributed by atoms with Crippen molar-refractivity contribution in [1.82, 2.24) is 0 Å². The molecule has 0 radical (unpaired) electrons. The largest absolute Gasteiger partial charge is 0.412 e. The Balaban J connectivity index is 0.00000784. The average molecular weight is 406 g/mol. The van der Waals surface area contributed by atoms with Crippen molar-refractivity contribution in [1.29, 1.82) is 0 Å². The molecular weight excluding hydrogens is 354 g/mol. The maximum absolute atomic E-state index is 6.54. The lowest BCUT2D eigenvalue weighted by Gasteiger charge is -2.32. The smallest absolute Gasteiger partial charge is 0.0131 e. The zero-order chi connectivity index (χ0) is 20.5. The first-order valence-corrected chi connectivity index (χ1v) is 12.4. The normalized spacial score (nSPS) is 12.6. The summed E-state index contributed by atoms with van der Waals surface area (Å²) < 4.78 is 0. The van der Waals surface area contributed by atoms with Crippen LogP contribution in [0.1, 0.15) is 129 Å². The van der Waals surface area contributed by atoms with Gasteiger partial charge in [-0.1, -0.05) is 147 Å². The monoisotopic (exact) mass is 405 g/mol. The Bertz CT molecular complexity index is 457. The minimum Gasteiger partial charge on any atom is -0.412 e. The molecule has 0 heterocycles. The summed E-state index contributed by atoms with van der Waals surface area (Å²) in [5, 5.41) is 0. The predicted octanol–water partition coefficient (Wildman–Crippen LogP) is 7.73. The molecule has 0 fully saturated rings. The number of hydrogen-bond donors (Lipinski definition) is 1. The van der Waals surface area contributed by atoms with Crippen LogP contribution in [-0.4, -0.2) is 11.5 Å². The highest BCUT2D eigenvalue weighted by atomic mass is 16.0. The minimum absolute atomic E-state index is 0. The molecule has 0 aliphatic carbocycles. The molecule has 0 aromatic heterocycles. The Hall–Kier alpha value is -0.860. The summed E-state index contributed by atoms with van der Waals surface area (Å²) >= 11 is 0. The van der Waals surface area contributed by atoms with E-state index in [1.54, 1.807) is 0 Å². The van der Waals surface area contributed by atoms with Crippen LogP contribution in [0.25, 0.3) is 0 Å². The molecule has 170 valence electrons. The van der Waals surface area contributed by atoms with E-state index < -0.39 is 0 Å². The molecule has 0 spiro atoms. The second-order valence-corrected chi connectivity index (χ2v) is 9.43. The van der Waals surface area contributed by atoms with Crippen molar-refractivity contribution in [3.63, 3.8) is 0 Å². The van der Waals surface area contributed by atoms with Gasteiger partial charge in [0, 0.05) is 11.5 Å². The van der Waals surface area contributed by atoms with Crippen LogP contribution in [0.15, 0.2) is 30.3 Å². The summed E-state index contributed by atoms with van der Waals surface area (Å²) in [5.41, 5.74) is 7.97. The van der Waals surface area contributed by atoms with Gasteiger partial charge < -0.3 is 11.2 Å². The Morgan fingerprint density at radius 2 is 1.03 bits per heavy atom. The first-order valence-electron chi connectivity index (χ1n) is 12.4. The van der Waals surface area contributed by atoms with Gasteiger partial charge in [0.15, 0.2) is 0 Å². The van der Waals surface area contributed by atoms with Crippen LogP contribution in [0, 0.1) is 0 Å². The van der Waals surface area contributed by atoms with Crippen LogP contribution < -0.4 is 5.73 Å². The molecule has 2 heteroatoms. The fraction of sp³-hybridized carbons (Fsp3) is 0.778. The lowest BCUT2D eigenvalue weighted by atomic mass is 9.76. The Morgan fingerprint density at radius 1 is 0.655 bits per heavy atom. The van der Waals surface area contributed by atoms with E-state index in [9.17, 15) is 0 Å². The van der Waals surface area contributed by atoms with E-state index in [0.29, 0.717) is 0 Å². The maximum Gasteiger partial charge on any atom is 0.0131 e. The zero-order valence-corrected chi connectivity index (χ0v) is 19.9. The van der Waals surface area contributed by atoms with Gasteiger partial charge in [-0.3, -0.25) is 0 Å². The Kier molecular flexibility index (Phi) is 17.4. The van der Waals surface area contributed by atoms with Gasteiger partial charge >= 0.3 is 0 Å². The molecule has 1 rings (SSSR count). The zero-order valence-electron chi connectivity index (χ0n) is 19.9. The highest BCUT2D eigenvalue weighted by Crippen LogP contribution is 2.28. The molecule has 2 nitrogen and oxygen atoms in total. The highest BCUT2D eigenvalue weighted by molar-refractivity contribution is 5.25. The number of rotatable bonds is 18. The van der Waals surface area contributed by atoms with Crippen molar-refractivity contribution in [2.75, 3.05) is 0 Å². The van der Waals surface area contributed by atoms with E-state index in [1.165, 1.54) is 102 Å². The molecule has 0 saturated carbocycles. The summed E-state index contributed by atoms with van der Waals surface area (Å²) in [4.78, 5) is 0. The quantitative estimate of drug-likeness (QED) is 0.250. The van der Waals surface area contributed by atoms with Crippen molar-refractivity contribution in [2.45, 2.75) is 135 Å². The van der Waals surface area contributed by atoms with E-state index >= 15 is 0 Å². The molecule has 0 aliphatic heterocycles. The third-order valence-corrected chi connectivity index (χ3v) is 6.56. The standard InChI is InChI=1S/C27H49N.H2O/c1-4-5-6-7-8-9-10-11-12-13-14-15-16-17-21-24-26(28)27(2,3)25-22-19-18-20-23-25;/h18-20,22-23,26H,4-17,21,24,28H2,1-3H3;1H2. The van der Waals surface area contributed by atoms with Crippen LogP contribution in [0.2, 0.25) is 0 Å². The van der Waals surface area contributed by atoms with Crippen molar-refractivity contribution in [3.05, 3.63) is 35.9 Å². The second-order valence-electron chi connectivity index (χ2n) is 9.43. The van der Waals surface area contributed by atoms with Gasteiger partial charge in [0.1, 0.15) is 0 Å². The number of nitrogens with two attached hydrogens (primary N) is 1. The van der Waals surface area contributed by atoms with Crippen molar-refractivity contribution >= 4 is 0 Å². The SMILES string of the molecule is CCCCCCCCCCCCCCCCCC(N)C(C)(C)c1ccccc1.O. The fourth-order valence-electron chi connectivity index (χ4n) is 4.18. The van der Waals surface area contributed by atoms with Crippen LogP contribution >= 0.6 is 0 Å². The minimum atomic E-state index is 0. The van der Waals surface area contributed by atoms with Gasteiger partial charge in [-0.15, -0.1) is 0 Å². The molecule has 1 aromatic rings. The van der Waals surface area contributed by atoms with Crippen molar-refractivity contribution in [3.8, 4) is 0 Å². The first-order chi connectivity index (χ1) is 13.6. The van der Waals surface area contributed by atoms with Crippen LogP contribution in [0.5, 0.6) is 0 Å². The molecule has 0 saturated heterocycles. The molecular formula is C27H51NO. The van der Waals surface area contributed by atoms with Crippen LogP contribution in [-0.2, 0) is 5.41 Å². The fourth-order valence-corrected chi connectivity index (χ4v) is 4.18. The van der Waals surface area contributed by atoms with Crippen molar-refractivity contribution < 1.29 is 5.48 Å². The molecule has 1 unspecified atom stereocenters. The molecule has 0 amide bonds. The van der Waals surface area contributed by atoms with Gasteiger partial charge in [0.2, 0.25) is 0 Å². The second kappa shape index (κ2) is 18.0. The average Bonchev–Trinajstić information content (AvgIpc) is 2.71. The predicted molar refractivity (Wildman–Crippen MR) is 131 cm³/mol. The summed E-state index contributed by atoms with van der Waals surface area (Å²) in [5.74, 6) is 0. The third kappa shape index (κ3) is 13.1. The van der Waals surface area contributed by atoms with E-state index in [1.807, 2.05) is 0 Å². The molecule has 1 atom stereocenters. The van der Waals surface area contributed by atoms with E-state index in [0.717, 1.165) is 6.42 Å². The third-order valence-electron chi connectivity index (χ3n) is 6.56. The summed E-state index contributed by atoms with van der Waals surface area (Å²) in [6.07, 6.45) is 22.4. The van der Waals surface area contributed by atoms with Crippen molar-refractivity contribution in [2.24, 2.45) is 5.73 Å². The highest BCUT2D eigenvalue weighted by Gasteiger charge is 2.27. The molecule has 0 bridgehead atoms. The first kappa shape index (κ1) is 28.1. The molecule has 29 heavy (non-hydrogen) atoms. The summed E-state index contributed by atoms with van der Waals surface area (Å²) in [7, 11) is 0. The Labute approximate surface area is 182 Å². The Morgan fingerprint density at radius 3 is 1.45 bits per heavy atom. The van der Waals surface area contributed by atoms with Gasteiger partial charge in [0.05, 0.1) is 0 Å². The van der Waals surface area contributed by atoms with Gasteiger partial charge in [-0.2, -0.15) is 0 Å². The number of benzene rings is 1. The van der Waals surface area contributed by atoms with E-state index in [-0.39, 0.29) is 16.9 Å². The van der Waals surface area contributed by atoms with E-state index in [4.69, 9.17) is 5.73 Å². The number of unbranched alkanes of at least 4 members (excludes halogenated alkanes) is 14. The topological polar surface area (TPSA) is 57.5 Å². The number of hydrogen-bond acceptors (Lipinski definition) is 1. The summed E-state index contributed by atoms with van der Waals surface area (Å²) in [6.45, 7) is 6.87.